The zero-order valence-electron chi connectivity index (χ0n) is 30.6. The van der Waals surface area contributed by atoms with Crippen LogP contribution in [0.3, 0.4) is 0 Å². The molecule has 1 aliphatic heterocycles. The predicted octanol–water partition coefficient (Wildman–Crippen LogP) is 0.790. The lowest BCUT2D eigenvalue weighted by Gasteiger charge is -2.34. The van der Waals surface area contributed by atoms with Crippen molar-refractivity contribution in [2.24, 2.45) is 23.5 Å². The van der Waals surface area contributed by atoms with E-state index in [0.717, 1.165) is 18.4 Å². The zero-order chi connectivity index (χ0) is 37.5. The molecule has 0 spiro atoms. The number of nitrogens with zero attached hydrogens (tertiary/aromatic N) is 1. The van der Waals surface area contributed by atoms with E-state index in [2.05, 4.69) is 21.3 Å². The normalized spacial score (nSPS) is 26.4. The van der Waals surface area contributed by atoms with Gasteiger partial charge in [0, 0.05) is 13.6 Å². The molecule has 8 atom stereocenters. The van der Waals surface area contributed by atoms with Crippen molar-refractivity contribution in [3.8, 4) is 0 Å². The Hall–Kier alpha value is -4.04. The highest BCUT2D eigenvalue weighted by atomic mass is 16.5. The quantitative estimate of drug-likeness (QED) is 0.142. The van der Waals surface area contributed by atoms with Gasteiger partial charge < -0.3 is 41.7 Å². The Bertz CT molecular complexity index is 1290. The summed E-state index contributed by atoms with van der Waals surface area (Å²) in [5.41, 5.74) is 6.98. The lowest BCUT2D eigenvalue weighted by atomic mass is 9.94. The molecule has 50 heavy (non-hydrogen) atoms. The van der Waals surface area contributed by atoms with Gasteiger partial charge in [-0.25, -0.2) is 0 Å². The summed E-state index contributed by atoms with van der Waals surface area (Å²) in [5, 5.41) is 20.5. The Morgan fingerprint density at radius 1 is 0.900 bits per heavy atom. The summed E-state index contributed by atoms with van der Waals surface area (Å²) in [6, 6.07) is 5.06. The van der Waals surface area contributed by atoms with E-state index in [-0.39, 0.29) is 24.8 Å². The molecule has 1 heterocycles. The molecule has 280 valence electrons. The average molecular weight is 703 g/mol. The Morgan fingerprint density at radius 3 is 2.12 bits per heavy atom. The molecule has 1 saturated heterocycles. The molecule has 0 aromatic heterocycles. The monoisotopic (exact) mass is 702 g/mol. The van der Waals surface area contributed by atoms with Crippen molar-refractivity contribution in [1.82, 2.24) is 26.2 Å². The molecule has 0 unspecified atom stereocenters. The molecule has 1 aromatic carbocycles. The molecule has 5 amide bonds. The molecule has 0 radical (unpaired) electrons. The summed E-state index contributed by atoms with van der Waals surface area (Å²) in [4.78, 5) is 82.2. The third kappa shape index (κ3) is 12.7. The number of amides is 5. The molecule has 1 aliphatic rings. The summed E-state index contributed by atoms with van der Waals surface area (Å²) in [5.74, 6) is -5.40. The standard InChI is InChI=1S/C36H58N6O8/c1-8-22(4)30-35(48)39-26(19-37)32(45)41-31(24(6)43)34(47)38-20-29(44)50-28(17-13-12-16-25-14-10-9-11-15-25)23(5)36(49)42(7)27(18-21(2)3)33(46)40-30/h9-11,14-15,21-24,26-28,30-31,43H,8,12-13,16-20,37H2,1-7H3,(H,38,47)(H,39,48)(H,40,46)(H,41,45)/t22-,23-,24+,26+,27+,28-,30+,31+/m1/s1. The Morgan fingerprint density at radius 2 is 1.54 bits per heavy atom. The van der Waals surface area contributed by atoms with Gasteiger partial charge in [0.05, 0.1) is 12.0 Å². The second-order valence-corrected chi connectivity index (χ2v) is 13.8. The minimum atomic E-state index is -1.49. The third-order valence-corrected chi connectivity index (χ3v) is 9.22. The molecule has 0 saturated carbocycles. The number of hydrogen-bond acceptors (Lipinski definition) is 9. The number of likely N-dealkylation sites (N-methyl/N-ethyl adjacent to an activating group) is 1. The lowest BCUT2D eigenvalue weighted by molar-refractivity contribution is -0.157. The number of benzene rings is 1. The fraction of sp³-hybridized carbons (Fsp3) is 0.667. The van der Waals surface area contributed by atoms with Crippen molar-refractivity contribution >= 4 is 35.5 Å². The van der Waals surface area contributed by atoms with Crippen molar-refractivity contribution in [3.05, 3.63) is 35.9 Å². The van der Waals surface area contributed by atoms with Crippen molar-refractivity contribution in [2.75, 3.05) is 20.1 Å². The van der Waals surface area contributed by atoms with Crippen LogP contribution in [0.4, 0.5) is 0 Å². The van der Waals surface area contributed by atoms with Gasteiger partial charge in [-0.1, -0.05) is 71.4 Å². The Kier molecular flexibility index (Phi) is 17.3. The maximum absolute atomic E-state index is 14.0. The zero-order valence-corrected chi connectivity index (χ0v) is 30.6. The van der Waals surface area contributed by atoms with Crippen LogP contribution in [-0.4, -0.2) is 102 Å². The first kappa shape index (κ1) is 42.1. The van der Waals surface area contributed by atoms with Gasteiger partial charge in [0.25, 0.3) is 0 Å². The van der Waals surface area contributed by atoms with Crippen LogP contribution in [0.5, 0.6) is 0 Å². The van der Waals surface area contributed by atoms with Crippen LogP contribution in [0.25, 0.3) is 0 Å². The molecule has 14 heteroatoms. The molecule has 1 fully saturated rings. The molecular weight excluding hydrogens is 644 g/mol. The number of ether oxygens (including phenoxy) is 1. The maximum Gasteiger partial charge on any atom is 0.325 e. The van der Waals surface area contributed by atoms with E-state index in [9.17, 15) is 33.9 Å². The fourth-order valence-corrected chi connectivity index (χ4v) is 5.83. The van der Waals surface area contributed by atoms with Crippen LogP contribution >= 0.6 is 0 Å². The largest absolute Gasteiger partial charge is 0.460 e. The van der Waals surface area contributed by atoms with E-state index in [0.29, 0.717) is 19.3 Å². The van der Waals surface area contributed by atoms with Crippen LogP contribution in [0.15, 0.2) is 30.3 Å². The summed E-state index contributed by atoms with van der Waals surface area (Å²) < 4.78 is 5.80. The highest BCUT2D eigenvalue weighted by Gasteiger charge is 2.38. The van der Waals surface area contributed by atoms with Crippen LogP contribution in [0.2, 0.25) is 0 Å². The number of aliphatic hydroxyl groups is 1. The summed E-state index contributed by atoms with van der Waals surface area (Å²) in [6.07, 6.45) is 1.05. The molecule has 0 aliphatic carbocycles. The number of nitrogens with two attached hydrogens (primary N) is 1. The first-order chi connectivity index (χ1) is 23.6. The SMILES string of the molecule is CC[C@@H](C)[C@@H]1NC(=O)[C@H](CC(C)C)N(C)C(=O)[C@H](C)[C@@H](CCCCc2ccccc2)OC(=O)CNC(=O)[C@H]([C@H](C)O)NC(=O)[C@H](CN)NC1=O. The summed E-state index contributed by atoms with van der Waals surface area (Å²) in [7, 11) is 1.52. The summed E-state index contributed by atoms with van der Waals surface area (Å²) in [6.45, 7) is 9.43. The predicted molar refractivity (Wildman–Crippen MR) is 188 cm³/mol. The van der Waals surface area contributed by atoms with Crippen molar-refractivity contribution in [3.63, 3.8) is 0 Å². The highest BCUT2D eigenvalue weighted by molar-refractivity contribution is 5.96. The molecule has 0 bridgehead atoms. The van der Waals surface area contributed by atoms with Crippen LogP contribution < -0.4 is 27.0 Å². The smallest absolute Gasteiger partial charge is 0.325 e. The van der Waals surface area contributed by atoms with Gasteiger partial charge in [-0.05, 0) is 56.4 Å². The molecule has 7 N–H and O–H groups in total. The van der Waals surface area contributed by atoms with Gasteiger partial charge in [-0.2, -0.15) is 0 Å². The van der Waals surface area contributed by atoms with E-state index >= 15 is 0 Å². The van der Waals surface area contributed by atoms with E-state index in [1.807, 2.05) is 51.1 Å². The second kappa shape index (κ2) is 20.6. The summed E-state index contributed by atoms with van der Waals surface area (Å²) >= 11 is 0. The number of unbranched alkanes of at least 4 members (excludes halogenated alkanes) is 1. The van der Waals surface area contributed by atoms with Crippen LogP contribution in [0, 0.1) is 17.8 Å². The molecule has 14 nitrogen and oxygen atoms in total. The molecule has 1 aromatic rings. The number of rotatable bonds is 11. The van der Waals surface area contributed by atoms with E-state index in [1.165, 1.54) is 18.9 Å². The number of hydrogen-bond donors (Lipinski definition) is 6. The number of aliphatic hydroxyl groups excluding tert-OH is 1. The first-order valence-electron chi connectivity index (χ1n) is 17.7. The van der Waals surface area contributed by atoms with Crippen LogP contribution in [0.1, 0.15) is 79.2 Å². The molecule has 2 rings (SSSR count). The molecular formula is C36H58N6O8. The van der Waals surface area contributed by atoms with Gasteiger partial charge in [0.15, 0.2) is 0 Å². The van der Waals surface area contributed by atoms with Gasteiger partial charge in [-0.15, -0.1) is 0 Å². The van der Waals surface area contributed by atoms with Gasteiger partial charge in [0.2, 0.25) is 29.5 Å². The Balaban J connectivity index is 2.50. The van der Waals surface area contributed by atoms with Crippen LogP contribution in [-0.2, 0) is 39.9 Å². The topological polar surface area (TPSA) is 209 Å². The lowest BCUT2D eigenvalue weighted by Crippen LogP contribution is -2.62. The number of nitrogens with one attached hydrogen (secondary N) is 4. The first-order valence-corrected chi connectivity index (χ1v) is 17.7. The maximum atomic E-state index is 14.0. The Labute approximate surface area is 296 Å². The van der Waals surface area contributed by atoms with Gasteiger partial charge in [-0.3, -0.25) is 28.8 Å². The van der Waals surface area contributed by atoms with Crippen molar-refractivity contribution in [1.29, 1.82) is 0 Å². The fourth-order valence-electron chi connectivity index (χ4n) is 5.83. The van der Waals surface area contributed by atoms with Gasteiger partial charge in [0.1, 0.15) is 36.8 Å². The van der Waals surface area contributed by atoms with E-state index in [4.69, 9.17) is 10.5 Å². The average Bonchev–Trinajstić information content (AvgIpc) is 3.09. The number of carbonyl (C=O) groups excluding carboxylic acids is 6. The van der Waals surface area contributed by atoms with Crippen molar-refractivity contribution < 1.29 is 38.6 Å². The minimum Gasteiger partial charge on any atom is -0.460 e. The van der Waals surface area contributed by atoms with E-state index < -0.39 is 84.3 Å². The highest BCUT2D eigenvalue weighted by Crippen LogP contribution is 2.22. The third-order valence-electron chi connectivity index (χ3n) is 9.22. The number of carbonyl (C=O) groups is 6. The van der Waals surface area contributed by atoms with Crippen molar-refractivity contribution in [2.45, 2.75) is 116 Å². The van der Waals surface area contributed by atoms with Gasteiger partial charge >= 0.3 is 5.97 Å². The number of esters is 1. The number of cyclic esters (lactones) is 1. The minimum absolute atomic E-state index is 0.00353. The second-order valence-electron chi connectivity index (χ2n) is 13.8. The van der Waals surface area contributed by atoms with E-state index in [1.54, 1.807) is 13.8 Å². The number of aryl methyl sites for hydroxylation is 1.